The van der Waals surface area contributed by atoms with Crippen LogP contribution in [0.5, 0.6) is 0 Å². The minimum atomic E-state index is -0.0245. The molecular formula is C18H14N2OS. The second-order valence-corrected chi connectivity index (χ2v) is 6.87. The van der Waals surface area contributed by atoms with Gasteiger partial charge in [-0.3, -0.25) is 4.79 Å². The van der Waals surface area contributed by atoms with Gasteiger partial charge in [-0.2, -0.15) is 0 Å². The molecule has 3 aromatic rings. The van der Waals surface area contributed by atoms with Crippen LogP contribution in [0.3, 0.4) is 0 Å². The summed E-state index contributed by atoms with van der Waals surface area (Å²) in [5.41, 5.74) is 3.13. The Morgan fingerprint density at radius 1 is 1.09 bits per heavy atom. The van der Waals surface area contributed by atoms with Crippen molar-refractivity contribution in [1.82, 2.24) is 4.90 Å². The highest BCUT2D eigenvalue weighted by Crippen LogP contribution is 2.44. The van der Waals surface area contributed by atoms with E-state index in [9.17, 15) is 4.79 Å². The number of nitrogens with zero attached hydrogens (tertiary/aromatic N) is 1. The molecule has 0 spiro atoms. The lowest BCUT2D eigenvalue weighted by Gasteiger charge is -2.40. The van der Waals surface area contributed by atoms with E-state index >= 15 is 0 Å². The highest BCUT2D eigenvalue weighted by Gasteiger charge is 2.38. The third kappa shape index (κ3) is 1.53. The van der Waals surface area contributed by atoms with Gasteiger partial charge in [-0.1, -0.05) is 30.3 Å². The maximum absolute atomic E-state index is 12.8. The van der Waals surface area contributed by atoms with Crippen molar-refractivity contribution in [3.05, 3.63) is 64.5 Å². The smallest absolute Gasteiger partial charge is 0.257 e. The molecular weight excluding hydrogens is 292 g/mol. The molecule has 2 aromatic carbocycles. The summed E-state index contributed by atoms with van der Waals surface area (Å²) >= 11 is 1.81. The van der Waals surface area contributed by atoms with Gasteiger partial charge in [-0.25, -0.2) is 0 Å². The standard InChI is InChI=1S/C18H14N2OS/c21-18-13-6-1-3-7-14(13)19-17-16-12(9-10-20(17)18)11-5-2-4-8-15(11)22-16/h1-8,17,19H,9-10H2. The summed E-state index contributed by atoms with van der Waals surface area (Å²) in [5, 5.41) is 4.90. The molecule has 1 N–H and O–H groups in total. The Morgan fingerprint density at radius 2 is 1.91 bits per heavy atom. The average molecular weight is 306 g/mol. The number of rotatable bonds is 0. The molecule has 108 valence electrons. The number of para-hydroxylation sites is 1. The molecule has 1 atom stereocenters. The van der Waals surface area contributed by atoms with Crippen LogP contribution in [0.15, 0.2) is 48.5 Å². The van der Waals surface area contributed by atoms with Gasteiger partial charge in [0, 0.05) is 16.9 Å². The lowest BCUT2D eigenvalue weighted by molar-refractivity contribution is 0.0674. The number of hydrogen-bond acceptors (Lipinski definition) is 3. The van der Waals surface area contributed by atoms with Crippen molar-refractivity contribution in [1.29, 1.82) is 0 Å². The molecule has 2 aliphatic heterocycles. The second kappa shape index (κ2) is 4.34. The minimum Gasteiger partial charge on any atom is -0.360 e. The fraction of sp³-hybridized carbons (Fsp3) is 0.167. The molecule has 3 heterocycles. The molecule has 3 nitrogen and oxygen atoms in total. The number of benzene rings is 2. The molecule has 22 heavy (non-hydrogen) atoms. The monoisotopic (exact) mass is 306 g/mol. The van der Waals surface area contributed by atoms with E-state index in [0.717, 1.165) is 24.2 Å². The first kappa shape index (κ1) is 12.2. The van der Waals surface area contributed by atoms with Crippen molar-refractivity contribution in [3.63, 3.8) is 0 Å². The van der Waals surface area contributed by atoms with E-state index < -0.39 is 0 Å². The maximum atomic E-state index is 12.8. The minimum absolute atomic E-state index is 0.0245. The largest absolute Gasteiger partial charge is 0.360 e. The third-order valence-electron chi connectivity index (χ3n) is 4.60. The Bertz CT molecular complexity index is 914. The van der Waals surface area contributed by atoms with Gasteiger partial charge in [0.15, 0.2) is 0 Å². The van der Waals surface area contributed by atoms with Gasteiger partial charge >= 0.3 is 0 Å². The topological polar surface area (TPSA) is 32.3 Å². The summed E-state index contributed by atoms with van der Waals surface area (Å²) in [4.78, 5) is 16.0. The molecule has 0 saturated carbocycles. The van der Waals surface area contributed by atoms with Crippen LogP contribution in [-0.4, -0.2) is 17.4 Å². The number of nitrogens with one attached hydrogen (secondary N) is 1. The van der Waals surface area contributed by atoms with E-state index in [1.54, 1.807) is 11.3 Å². The molecule has 1 amide bonds. The zero-order valence-electron chi connectivity index (χ0n) is 11.9. The Labute approximate surface area is 132 Å². The summed E-state index contributed by atoms with van der Waals surface area (Å²) in [7, 11) is 0. The molecule has 0 bridgehead atoms. The van der Waals surface area contributed by atoms with E-state index in [-0.39, 0.29) is 12.1 Å². The summed E-state index contributed by atoms with van der Waals surface area (Å²) in [5.74, 6) is 0.141. The zero-order valence-corrected chi connectivity index (χ0v) is 12.7. The molecule has 2 aliphatic rings. The molecule has 0 saturated heterocycles. The van der Waals surface area contributed by atoms with Crippen LogP contribution in [0, 0.1) is 0 Å². The summed E-state index contributed by atoms with van der Waals surface area (Å²) in [6, 6.07) is 16.3. The molecule has 0 fully saturated rings. The van der Waals surface area contributed by atoms with Crippen molar-refractivity contribution in [2.45, 2.75) is 12.6 Å². The van der Waals surface area contributed by atoms with Crippen LogP contribution >= 0.6 is 11.3 Å². The van der Waals surface area contributed by atoms with Crippen LogP contribution < -0.4 is 5.32 Å². The number of hydrogen-bond donors (Lipinski definition) is 1. The number of thiophene rings is 1. The Balaban J connectivity index is 1.71. The number of carbonyl (C=O) groups excluding carboxylic acids is 1. The predicted molar refractivity (Wildman–Crippen MR) is 89.4 cm³/mol. The van der Waals surface area contributed by atoms with Crippen molar-refractivity contribution in [2.24, 2.45) is 0 Å². The van der Waals surface area contributed by atoms with Gasteiger partial charge < -0.3 is 10.2 Å². The van der Waals surface area contributed by atoms with Crippen molar-refractivity contribution in [2.75, 3.05) is 11.9 Å². The summed E-state index contributed by atoms with van der Waals surface area (Å²) in [6.07, 6.45) is 0.911. The highest BCUT2D eigenvalue weighted by atomic mass is 32.1. The molecule has 1 aromatic heterocycles. The summed E-state index contributed by atoms with van der Waals surface area (Å²) in [6.45, 7) is 0.776. The van der Waals surface area contributed by atoms with Gasteiger partial charge in [0.25, 0.3) is 5.91 Å². The quantitative estimate of drug-likeness (QED) is 0.680. The van der Waals surface area contributed by atoms with Crippen molar-refractivity contribution < 1.29 is 4.79 Å². The van der Waals surface area contributed by atoms with Gasteiger partial charge in [0.1, 0.15) is 6.17 Å². The average Bonchev–Trinajstić information content (AvgIpc) is 2.94. The van der Waals surface area contributed by atoms with Crippen LogP contribution in [0.2, 0.25) is 0 Å². The molecule has 1 unspecified atom stereocenters. The third-order valence-corrected chi connectivity index (χ3v) is 5.87. The van der Waals surface area contributed by atoms with Crippen LogP contribution in [0.25, 0.3) is 10.1 Å². The van der Waals surface area contributed by atoms with E-state index in [1.165, 1.54) is 20.5 Å². The first-order chi connectivity index (χ1) is 10.8. The fourth-order valence-corrected chi connectivity index (χ4v) is 4.88. The highest BCUT2D eigenvalue weighted by molar-refractivity contribution is 7.19. The zero-order chi connectivity index (χ0) is 14.7. The van der Waals surface area contributed by atoms with Crippen LogP contribution in [-0.2, 0) is 6.42 Å². The van der Waals surface area contributed by atoms with Gasteiger partial charge in [-0.05, 0) is 35.6 Å². The summed E-state index contributed by atoms with van der Waals surface area (Å²) < 4.78 is 1.31. The first-order valence-corrected chi connectivity index (χ1v) is 8.31. The Kier molecular flexibility index (Phi) is 2.41. The van der Waals surface area contributed by atoms with Gasteiger partial charge in [0.2, 0.25) is 0 Å². The van der Waals surface area contributed by atoms with Crippen LogP contribution in [0.1, 0.15) is 27.0 Å². The molecule has 4 heteroatoms. The SMILES string of the molecule is O=C1c2ccccc2NC2c3sc4ccccc4c3CCN12. The number of fused-ring (bicyclic) bond motifs is 6. The maximum Gasteiger partial charge on any atom is 0.257 e. The Hall–Kier alpha value is -2.33. The van der Waals surface area contributed by atoms with Gasteiger partial charge in [0.05, 0.1) is 10.4 Å². The fourth-order valence-electron chi connectivity index (χ4n) is 3.56. The van der Waals surface area contributed by atoms with E-state index in [4.69, 9.17) is 0 Å². The molecule has 0 radical (unpaired) electrons. The van der Waals surface area contributed by atoms with E-state index in [1.807, 2.05) is 29.2 Å². The second-order valence-electron chi connectivity index (χ2n) is 5.78. The number of amides is 1. The van der Waals surface area contributed by atoms with E-state index in [0.29, 0.717) is 0 Å². The Morgan fingerprint density at radius 3 is 2.86 bits per heavy atom. The van der Waals surface area contributed by atoms with Crippen LogP contribution in [0.4, 0.5) is 5.69 Å². The van der Waals surface area contributed by atoms with Crippen molar-refractivity contribution in [3.8, 4) is 0 Å². The molecule has 0 aliphatic carbocycles. The van der Waals surface area contributed by atoms with E-state index in [2.05, 4.69) is 29.6 Å². The number of anilines is 1. The van der Waals surface area contributed by atoms with Crippen molar-refractivity contribution >= 4 is 33.0 Å². The normalized spacial score (nSPS) is 19.4. The molecule has 5 rings (SSSR count). The first-order valence-electron chi connectivity index (χ1n) is 7.50. The lowest BCUT2D eigenvalue weighted by atomic mass is 9.98. The lowest BCUT2D eigenvalue weighted by Crippen LogP contribution is -2.46. The predicted octanol–water partition coefficient (Wildman–Crippen LogP) is 4.02. The van der Waals surface area contributed by atoms with Gasteiger partial charge in [-0.15, -0.1) is 11.3 Å². The number of carbonyl (C=O) groups is 1.